The molecule has 0 bridgehead atoms. The molecule has 2 atom stereocenters. The van der Waals surface area contributed by atoms with Gasteiger partial charge < -0.3 is 14.7 Å². The van der Waals surface area contributed by atoms with Crippen LogP contribution in [0.1, 0.15) is 19.3 Å². The first-order valence-electron chi connectivity index (χ1n) is 7.69. The minimum Gasteiger partial charge on any atom is -0.391 e. The quantitative estimate of drug-likeness (QED) is 0.626. The maximum absolute atomic E-state index is 13.9. The van der Waals surface area contributed by atoms with Gasteiger partial charge in [-0.3, -0.25) is 0 Å². The van der Waals surface area contributed by atoms with Crippen molar-refractivity contribution in [1.82, 2.24) is 4.72 Å². The summed E-state index contributed by atoms with van der Waals surface area (Å²) in [5.74, 6) is 0.403. The van der Waals surface area contributed by atoms with E-state index in [4.69, 9.17) is 0 Å². The lowest BCUT2D eigenvalue weighted by Crippen LogP contribution is -2.41. The van der Waals surface area contributed by atoms with E-state index < -0.39 is 30.6 Å². The molecule has 0 radical (unpaired) electrons. The fourth-order valence-electron chi connectivity index (χ4n) is 3.14. The number of anilines is 1. The Bertz CT molecular complexity index is 705. The third-order valence-corrected chi connectivity index (χ3v) is 5.29. The largest absolute Gasteiger partial charge is 0.408 e. The van der Waals surface area contributed by atoms with E-state index in [1.54, 1.807) is 0 Å². The van der Waals surface area contributed by atoms with E-state index in [2.05, 4.69) is 9.71 Å². The monoisotopic (exact) mass is 361 g/mol. The third-order valence-electron chi connectivity index (χ3n) is 4.45. The van der Waals surface area contributed by atoms with Crippen molar-refractivity contribution in [2.45, 2.75) is 42.5 Å². The van der Waals surface area contributed by atoms with Crippen LogP contribution in [0.2, 0.25) is 0 Å². The van der Waals surface area contributed by atoms with Crippen molar-refractivity contribution >= 4 is 29.2 Å². The summed E-state index contributed by atoms with van der Waals surface area (Å²) in [4.78, 5) is 5.95. The Morgan fingerprint density at radius 1 is 1.29 bits per heavy atom. The number of benzene rings is 1. The van der Waals surface area contributed by atoms with Crippen molar-refractivity contribution < 1.29 is 22.7 Å². The van der Waals surface area contributed by atoms with Gasteiger partial charge in [0.15, 0.2) is 0 Å². The van der Waals surface area contributed by atoms with Crippen LogP contribution in [0.25, 0.3) is 0 Å². The topological polar surface area (TPSA) is 47.9 Å². The van der Waals surface area contributed by atoms with E-state index in [0.29, 0.717) is 16.5 Å². The molecule has 1 aliphatic carbocycles. The Labute approximate surface area is 140 Å². The van der Waals surface area contributed by atoms with Crippen molar-refractivity contribution in [2.24, 2.45) is 10.9 Å². The lowest BCUT2D eigenvalue weighted by Gasteiger charge is -2.30. The highest BCUT2D eigenvalue weighted by Crippen LogP contribution is 2.47. The molecule has 0 aromatic heterocycles. The first-order valence-corrected chi connectivity index (χ1v) is 8.51. The second-order valence-electron chi connectivity index (χ2n) is 6.35. The zero-order valence-corrected chi connectivity index (χ0v) is 13.3. The normalized spacial score (nSPS) is 26.9. The highest BCUT2D eigenvalue weighted by atomic mass is 32.2. The van der Waals surface area contributed by atoms with Crippen LogP contribution in [0.3, 0.4) is 0 Å². The number of halogens is 4. The number of nitrogens with zero attached hydrogens (tertiary/aromatic N) is 2. The fourth-order valence-corrected chi connectivity index (χ4v) is 3.99. The zero-order valence-electron chi connectivity index (χ0n) is 12.5. The van der Waals surface area contributed by atoms with Crippen LogP contribution in [0.15, 0.2) is 22.0 Å². The lowest BCUT2D eigenvalue weighted by atomic mass is 10.1. The molecule has 130 valence electrons. The van der Waals surface area contributed by atoms with Gasteiger partial charge in [0.25, 0.3) is 0 Å². The van der Waals surface area contributed by atoms with Crippen LogP contribution in [0, 0.1) is 11.7 Å². The maximum atomic E-state index is 13.9. The molecule has 1 saturated carbocycles. The molecule has 2 fully saturated rings. The molecule has 24 heavy (non-hydrogen) atoms. The van der Waals surface area contributed by atoms with E-state index in [-0.39, 0.29) is 12.2 Å². The summed E-state index contributed by atoms with van der Waals surface area (Å²) < 4.78 is 56.9. The van der Waals surface area contributed by atoms with Gasteiger partial charge in [0.2, 0.25) is 0 Å². The number of aliphatic hydroxyl groups excluding tert-OH is 1. The van der Waals surface area contributed by atoms with Gasteiger partial charge >= 0.3 is 6.18 Å². The number of fused-ring (bicyclic) bond motifs is 1. The van der Waals surface area contributed by atoms with Crippen LogP contribution < -0.4 is 9.62 Å². The van der Waals surface area contributed by atoms with E-state index in [0.717, 1.165) is 29.6 Å². The van der Waals surface area contributed by atoms with Crippen molar-refractivity contribution in [1.29, 1.82) is 0 Å². The Hall–Kier alpha value is -1.48. The van der Waals surface area contributed by atoms with Crippen molar-refractivity contribution in [3.8, 4) is 0 Å². The molecule has 2 aliphatic heterocycles. The first-order chi connectivity index (χ1) is 11.3. The predicted octanol–water partition coefficient (Wildman–Crippen LogP) is 3.38. The molecule has 3 aliphatic rings. The minimum absolute atomic E-state index is 0.0935. The van der Waals surface area contributed by atoms with Crippen LogP contribution in [0.4, 0.5) is 28.9 Å². The van der Waals surface area contributed by atoms with Crippen molar-refractivity contribution in [3.63, 3.8) is 0 Å². The van der Waals surface area contributed by atoms with Gasteiger partial charge in [-0.15, -0.1) is 0 Å². The van der Waals surface area contributed by atoms with E-state index in [1.165, 1.54) is 18.0 Å². The summed E-state index contributed by atoms with van der Waals surface area (Å²) in [5.41, 5.74) is 0.446. The van der Waals surface area contributed by atoms with Crippen LogP contribution in [0.5, 0.6) is 0 Å². The standard InChI is InChI=1S/C15H15F4N3OS/c16-8-3-10(22-6-9(23)5-12(22)15(17,18)19)13-11(4-8)24-21-14(20-13)7-1-2-7/h3-4,7,9,12,23H,1-2,5-6H2,(H,20,21). The number of amidine groups is 1. The van der Waals surface area contributed by atoms with E-state index in [9.17, 15) is 22.7 Å². The van der Waals surface area contributed by atoms with E-state index in [1.807, 2.05) is 0 Å². The summed E-state index contributed by atoms with van der Waals surface area (Å²) >= 11 is 1.17. The van der Waals surface area contributed by atoms with Gasteiger partial charge in [0.1, 0.15) is 23.4 Å². The maximum Gasteiger partial charge on any atom is 0.408 e. The molecular formula is C15H15F4N3OS. The number of alkyl halides is 3. The summed E-state index contributed by atoms with van der Waals surface area (Å²) in [6.07, 6.45) is -4.03. The van der Waals surface area contributed by atoms with Gasteiger partial charge in [-0.2, -0.15) is 13.2 Å². The second kappa shape index (κ2) is 5.52. The van der Waals surface area contributed by atoms with Crippen LogP contribution in [-0.4, -0.2) is 35.8 Å². The van der Waals surface area contributed by atoms with Gasteiger partial charge in [-0.25, -0.2) is 9.38 Å². The van der Waals surface area contributed by atoms with Crippen LogP contribution >= 0.6 is 11.9 Å². The number of hydrogen-bond donors (Lipinski definition) is 2. The number of β-amino-alcohol motifs (C(OH)–C–C–N with tert-alkyl or cyclic N) is 1. The summed E-state index contributed by atoms with van der Waals surface area (Å²) in [6, 6.07) is 0.506. The van der Waals surface area contributed by atoms with Gasteiger partial charge in [0, 0.05) is 18.9 Å². The molecule has 2 N–H and O–H groups in total. The fraction of sp³-hybridized carbons (Fsp3) is 0.533. The summed E-state index contributed by atoms with van der Waals surface area (Å²) in [7, 11) is 0. The minimum atomic E-state index is -4.50. The van der Waals surface area contributed by atoms with Crippen LogP contribution in [-0.2, 0) is 0 Å². The van der Waals surface area contributed by atoms with Crippen molar-refractivity contribution in [3.05, 3.63) is 17.9 Å². The molecule has 4 rings (SSSR count). The zero-order chi connectivity index (χ0) is 17.1. The van der Waals surface area contributed by atoms with Crippen molar-refractivity contribution in [2.75, 3.05) is 11.4 Å². The average molecular weight is 361 g/mol. The van der Waals surface area contributed by atoms with Gasteiger partial charge in [-0.1, -0.05) is 0 Å². The highest BCUT2D eigenvalue weighted by molar-refractivity contribution is 7.98. The molecule has 0 spiro atoms. The van der Waals surface area contributed by atoms with Gasteiger partial charge in [0.05, 0.1) is 16.7 Å². The Balaban J connectivity index is 1.79. The molecule has 1 saturated heterocycles. The first kappa shape index (κ1) is 16.0. The molecule has 1 aromatic carbocycles. The molecule has 9 heteroatoms. The highest BCUT2D eigenvalue weighted by Gasteiger charge is 2.49. The molecule has 2 heterocycles. The number of rotatable bonds is 2. The molecule has 1 aromatic rings. The Kier molecular flexibility index (Phi) is 3.68. The second-order valence-corrected chi connectivity index (χ2v) is 7.19. The molecule has 0 amide bonds. The third kappa shape index (κ3) is 2.83. The Morgan fingerprint density at radius 2 is 2.04 bits per heavy atom. The lowest BCUT2D eigenvalue weighted by molar-refractivity contribution is -0.147. The predicted molar refractivity (Wildman–Crippen MR) is 83.0 cm³/mol. The smallest absolute Gasteiger partial charge is 0.391 e. The number of nitrogens with one attached hydrogen (secondary N) is 1. The molecule has 2 unspecified atom stereocenters. The number of aliphatic imine (C=N–C) groups is 1. The molecular weight excluding hydrogens is 346 g/mol. The summed E-state index contributed by atoms with van der Waals surface area (Å²) in [5, 5.41) is 9.73. The van der Waals surface area contributed by atoms with E-state index >= 15 is 0 Å². The number of aliphatic hydroxyl groups is 1. The Morgan fingerprint density at radius 3 is 2.71 bits per heavy atom. The average Bonchev–Trinajstić information content (AvgIpc) is 3.27. The van der Waals surface area contributed by atoms with Gasteiger partial charge in [-0.05, 0) is 36.9 Å². The molecule has 4 nitrogen and oxygen atoms in total. The summed E-state index contributed by atoms with van der Waals surface area (Å²) in [6.45, 7) is -0.188. The number of hydrogen-bond acceptors (Lipinski definition) is 5. The SMILES string of the molecule is OC1CC(C(F)(F)F)N(c2cc(F)cc3c2N=C(C2CC2)NS3)C1.